The third kappa shape index (κ3) is 3.40. The van der Waals surface area contributed by atoms with Crippen LogP contribution in [-0.2, 0) is 6.42 Å². The summed E-state index contributed by atoms with van der Waals surface area (Å²) >= 11 is 0. The molecule has 0 N–H and O–H groups in total. The van der Waals surface area contributed by atoms with Gasteiger partial charge in [0.2, 0.25) is 5.78 Å². The third-order valence-electron chi connectivity index (χ3n) is 3.81. The van der Waals surface area contributed by atoms with Crippen LogP contribution in [0.5, 0.6) is 11.5 Å². The molecule has 1 aliphatic heterocycles. The maximum absolute atomic E-state index is 12.5. The van der Waals surface area contributed by atoms with E-state index in [1.165, 1.54) is 5.56 Å². The van der Waals surface area contributed by atoms with Crippen LogP contribution in [-0.4, -0.2) is 12.4 Å². The van der Waals surface area contributed by atoms with Gasteiger partial charge in [-0.2, -0.15) is 0 Å². The number of aryl methyl sites for hydroxylation is 1. The van der Waals surface area contributed by atoms with Crippen molar-refractivity contribution in [3.8, 4) is 11.5 Å². The standard InChI is InChI=1S/C21H20O3/c1-4-15-5-7-16(8-6-15)11-20-21(22)18-10-9-17(12-19(18)24-20)23-13-14(2)3/h5-12H,2,4,13H2,1,3H3/b20-11+. The van der Waals surface area contributed by atoms with Gasteiger partial charge >= 0.3 is 0 Å². The van der Waals surface area contributed by atoms with Gasteiger partial charge in [0, 0.05) is 6.07 Å². The second-order valence-corrected chi connectivity index (χ2v) is 5.94. The summed E-state index contributed by atoms with van der Waals surface area (Å²) in [6.07, 6.45) is 2.76. The first-order valence-electron chi connectivity index (χ1n) is 8.01. The molecule has 3 rings (SSSR count). The number of hydrogen-bond donors (Lipinski definition) is 0. The first kappa shape index (κ1) is 16.1. The maximum atomic E-state index is 12.5. The molecule has 122 valence electrons. The first-order chi connectivity index (χ1) is 11.6. The largest absolute Gasteiger partial charge is 0.489 e. The number of fused-ring (bicyclic) bond motifs is 1. The van der Waals surface area contributed by atoms with Crippen molar-refractivity contribution in [2.24, 2.45) is 0 Å². The molecule has 24 heavy (non-hydrogen) atoms. The lowest BCUT2D eigenvalue weighted by Gasteiger charge is -2.06. The van der Waals surface area contributed by atoms with E-state index in [2.05, 4.69) is 25.6 Å². The molecule has 3 heteroatoms. The molecule has 0 unspecified atom stereocenters. The SMILES string of the molecule is C=C(C)COc1ccc2c(c1)O/C(=C/c1ccc(CC)cc1)C2=O. The number of Topliss-reactive ketones (excluding diaryl/α,β-unsaturated/α-hetero) is 1. The summed E-state index contributed by atoms with van der Waals surface area (Å²) in [5, 5.41) is 0. The number of carbonyl (C=O) groups excluding carboxylic acids is 1. The van der Waals surface area contributed by atoms with Crippen molar-refractivity contribution in [3.05, 3.63) is 77.1 Å². The Balaban J connectivity index is 1.81. The highest BCUT2D eigenvalue weighted by molar-refractivity contribution is 6.14. The zero-order chi connectivity index (χ0) is 17.1. The maximum Gasteiger partial charge on any atom is 0.231 e. The molecule has 0 amide bonds. The molecular weight excluding hydrogens is 300 g/mol. The van der Waals surface area contributed by atoms with Gasteiger partial charge in [0.15, 0.2) is 5.76 Å². The Bertz CT molecular complexity index is 813. The number of benzene rings is 2. The summed E-state index contributed by atoms with van der Waals surface area (Å²) in [6, 6.07) is 13.4. The zero-order valence-electron chi connectivity index (χ0n) is 14.0. The van der Waals surface area contributed by atoms with E-state index in [9.17, 15) is 4.79 Å². The van der Waals surface area contributed by atoms with Crippen LogP contribution in [0.2, 0.25) is 0 Å². The van der Waals surface area contributed by atoms with Crippen molar-refractivity contribution in [1.29, 1.82) is 0 Å². The summed E-state index contributed by atoms with van der Waals surface area (Å²) in [5.74, 6) is 1.44. The predicted molar refractivity (Wildman–Crippen MR) is 95.5 cm³/mol. The lowest BCUT2D eigenvalue weighted by molar-refractivity contribution is 0.101. The Labute approximate surface area is 142 Å². The number of rotatable bonds is 5. The molecule has 0 bridgehead atoms. The molecule has 0 saturated heterocycles. The number of ether oxygens (including phenoxy) is 2. The fourth-order valence-electron chi connectivity index (χ4n) is 2.46. The molecule has 0 radical (unpaired) electrons. The Kier molecular flexibility index (Phi) is 4.52. The fourth-order valence-corrected chi connectivity index (χ4v) is 2.46. The van der Waals surface area contributed by atoms with Crippen LogP contribution in [0.1, 0.15) is 35.3 Å². The zero-order valence-corrected chi connectivity index (χ0v) is 14.0. The van der Waals surface area contributed by atoms with E-state index in [0.717, 1.165) is 17.6 Å². The number of ketones is 1. The van der Waals surface area contributed by atoms with Crippen LogP contribution in [0, 0.1) is 0 Å². The molecule has 0 aliphatic carbocycles. The summed E-state index contributed by atoms with van der Waals surface area (Å²) in [5.41, 5.74) is 3.71. The van der Waals surface area contributed by atoms with E-state index in [-0.39, 0.29) is 5.78 Å². The fraction of sp³-hybridized carbons (Fsp3) is 0.190. The molecule has 0 saturated carbocycles. The van der Waals surface area contributed by atoms with Crippen LogP contribution in [0.25, 0.3) is 6.08 Å². The van der Waals surface area contributed by atoms with E-state index in [1.807, 2.05) is 19.1 Å². The van der Waals surface area contributed by atoms with Crippen LogP contribution in [0.3, 0.4) is 0 Å². The molecule has 1 heterocycles. The van der Waals surface area contributed by atoms with Crippen molar-refractivity contribution in [1.82, 2.24) is 0 Å². The molecule has 1 aliphatic rings. The monoisotopic (exact) mass is 320 g/mol. The average molecular weight is 320 g/mol. The van der Waals surface area contributed by atoms with Crippen molar-refractivity contribution in [3.63, 3.8) is 0 Å². The van der Waals surface area contributed by atoms with E-state index in [1.54, 1.807) is 24.3 Å². The van der Waals surface area contributed by atoms with Gasteiger partial charge in [-0.25, -0.2) is 0 Å². The summed E-state index contributed by atoms with van der Waals surface area (Å²) in [4.78, 5) is 12.5. The highest BCUT2D eigenvalue weighted by Crippen LogP contribution is 2.35. The van der Waals surface area contributed by atoms with Crippen LogP contribution >= 0.6 is 0 Å². The lowest BCUT2D eigenvalue weighted by Crippen LogP contribution is -1.98. The lowest BCUT2D eigenvalue weighted by atomic mass is 10.1. The first-order valence-corrected chi connectivity index (χ1v) is 8.01. The van der Waals surface area contributed by atoms with Gasteiger partial charge in [-0.1, -0.05) is 37.8 Å². The molecule has 0 spiro atoms. The minimum atomic E-state index is -0.101. The minimum absolute atomic E-state index is 0.101. The Hall–Kier alpha value is -2.81. The van der Waals surface area contributed by atoms with Gasteiger partial charge in [-0.3, -0.25) is 4.79 Å². The van der Waals surface area contributed by atoms with Crippen LogP contribution < -0.4 is 9.47 Å². The Morgan fingerprint density at radius 1 is 1.21 bits per heavy atom. The quantitative estimate of drug-likeness (QED) is 0.585. The summed E-state index contributed by atoms with van der Waals surface area (Å²) < 4.78 is 11.3. The van der Waals surface area contributed by atoms with Gasteiger partial charge in [-0.05, 0) is 48.3 Å². The van der Waals surface area contributed by atoms with E-state index >= 15 is 0 Å². The summed E-state index contributed by atoms with van der Waals surface area (Å²) in [6.45, 7) is 8.26. The molecular formula is C21H20O3. The molecule has 0 atom stereocenters. The predicted octanol–water partition coefficient (Wildman–Crippen LogP) is 4.82. The number of carbonyl (C=O) groups is 1. The minimum Gasteiger partial charge on any atom is -0.489 e. The van der Waals surface area contributed by atoms with Gasteiger partial charge in [0.05, 0.1) is 5.56 Å². The van der Waals surface area contributed by atoms with E-state index in [4.69, 9.17) is 9.47 Å². The molecule has 0 fully saturated rings. The molecule has 3 nitrogen and oxygen atoms in total. The highest BCUT2D eigenvalue weighted by Gasteiger charge is 2.27. The van der Waals surface area contributed by atoms with E-state index < -0.39 is 0 Å². The summed E-state index contributed by atoms with van der Waals surface area (Å²) in [7, 11) is 0. The number of hydrogen-bond acceptors (Lipinski definition) is 3. The van der Waals surface area contributed by atoms with Crippen LogP contribution in [0.15, 0.2) is 60.4 Å². The smallest absolute Gasteiger partial charge is 0.231 e. The van der Waals surface area contributed by atoms with Gasteiger partial charge in [0.1, 0.15) is 18.1 Å². The van der Waals surface area contributed by atoms with Gasteiger partial charge < -0.3 is 9.47 Å². The Morgan fingerprint density at radius 2 is 1.96 bits per heavy atom. The topological polar surface area (TPSA) is 35.5 Å². The molecule has 0 aromatic heterocycles. The van der Waals surface area contributed by atoms with Crippen molar-refractivity contribution < 1.29 is 14.3 Å². The second-order valence-electron chi connectivity index (χ2n) is 5.94. The highest BCUT2D eigenvalue weighted by atomic mass is 16.5. The van der Waals surface area contributed by atoms with Crippen molar-refractivity contribution in [2.45, 2.75) is 20.3 Å². The van der Waals surface area contributed by atoms with Crippen molar-refractivity contribution >= 4 is 11.9 Å². The van der Waals surface area contributed by atoms with E-state index in [0.29, 0.717) is 29.4 Å². The third-order valence-corrected chi connectivity index (χ3v) is 3.81. The van der Waals surface area contributed by atoms with Crippen LogP contribution in [0.4, 0.5) is 0 Å². The van der Waals surface area contributed by atoms with Gasteiger partial charge in [-0.15, -0.1) is 0 Å². The normalized spacial score (nSPS) is 14.4. The second kappa shape index (κ2) is 6.75. The number of allylic oxidation sites excluding steroid dienone is 1. The average Bonchev–Trinajstić information content (AvgIpc) is 2.89. The van der Waals surface area contributed by atoms with Crippen molar-refractivity contribution in [2.75, 3.05) is 6.61 Å². The molecule has 2 aromatic carbocycles. The molecule has 2 aromatic rings. The van der Waals surface area contributed by atoms with Gasteiger partial charge in [0.25, 0.3) is 0 Å². The Morgan fingerprint density at radius 3 is 2.62 bits per heavy atom.